The highest BCUT2D eigenvalue weighted by Gasteiger charge is 2.33. The van der Waals surface area contributed by atoms with Gasteiger partial charge in [0.05, 0.1) is 5.75 Å². The molecule has 0 aromatic heterocycles. The number of hydrogen-bond acceptors (Lipinski definition) is 3. The minimum atomic E-state index is -0.0576. The lowest BCUT2D eigenvalue weighted by Crippen LogP contribution is -2.27. The first kappa shape index (κ1) is 18.2. The van der Waals surface area contributed by atoms with E-state index in [1.54, 1.807) is 23.9 Å². The zero-order chi connectivity index (χ0) is 18.8. The summed E-state index contributed by atoms with van der Waals surface area (Å²) >= 11 is 13.5. The number of amides is 1. The molecule has 1 aliphatic rings. The zero-order valence-electron chi connectivity index (χ0n) is 14.1. The number of carbonyl (C=O) groups excluding carboxylic acids is 1. The van der Waals surface area contributed by atoms with Crippen molar-refractivity contribution in [1.82, 2.24) is 0 Å². The molecular formula is C21H15Cl2NO2S. The molecule has 136 valence electrons. The van der Waals surface area contributed by atoms with E-state index in [4.69, 9.17) is 27.9 Å². The van der Waals surface area contributed by atoms with Crippen LogP contribution in [0.5, 0.6) is 11.5 Å². The number of thioether (sulfide) groups is 1. The lowest BCUT2D eigenvalue weighted by molar-refractivity contribution is -0.115. The fourth-order valence-electron chi connectivity index (χ4n) is 2.89. The number of anilines is 1. The largest absolute Gasteiger partial charge is 0.457 e. The number of halogens is 2. The van der Waals surface area contributed by atoms with Gasteiger partial charge < -0.3 is 4.74 Å². The SMILES string of the molecule is O=C1CS[C@H](c2ccc(Cl)cc2)N1c1ccc(Oc2ccc(Cl)cc2)cc1. The van der Waals surface area contributed by atoms with Gasteiger partial charge in [0, 0.05) is 15.7 Å². The highest BCUT2D eigenvalue weighted by atomic mass is 35.5. The van der Waals surface area contributed by atoms with Gasteiger partial charge in [-0.05, 0) is 66.2 Å². The molecule has 0 aliphatic carbocycles. The Morgan fingerprint density at radius 2 is 1.33 bits per heavy atom. The molecule has 0 saturated carbocycles. The van der Waals surface area contributed by atoms with Crippen LogP contribution in [0.15, 0.2) is 72.8 Å². The van der Waals surface area contributed by atoms with E-state index in [2.05, 4.69) is 0 Å². The van der Waals surface area contributed by atoms with Crippen LogP contribution in [0.4, 0.5) is 5.69 Å². The maximum atomic E-state index is 12.5. The van der Waals surface area contributed by atoms with Gasteiger partial charge >= 0.3 is 0 Å². The molecule has 1 heterocycles. The smallest absolute Gasteiger partial charge is 0.238 e. The third-order valence-corrected chi connectivity index (χ3v) is 5.90. The van der Waals surface area contributed by atoms with Crippen LogP contribution in [0.2, 0.25) is 10.0 Å². The molecule has 1 fully saturated rings. The predicted octanol–water partition coefficient (Wildman–Crippen LogP) is 6.56. The second-order valence-corrected chi connectivity index (χ2v) is 7.97. The van der Waals surface area contributed by atoms with Gasteiger partial charge in [0.15, 0.2) is 0 Å². The molecule has 0 bridgehead atoms. The van der Waals surface area contributed by atoms with Crippen LogP contribution in [0, 0.1) is 0 Å². The number of carbonyl (C=O) groups is 1. The van der Waals surface area contributed by atoms with E-state index >= 15 is 0 Å². The van der Waals surface area contributed by atoms with Crippen LogP contribution >= 0.6 is 35.0 Å². The maximum absolute atomic E-state index is 12.5. The normalized spacial score (nSPS) is 16.6. The molecule has 0 N–H and O–H groups in total. The van der Waals surface area contributed by atoms with E-state index in [1.165, 1.54) is 0 Å². The van der Waals surface area contributed by atoms with Crippen molar-refractivity contribution in [3.63, 3.8) is 0 Å². The number of benzene rings is 3. The first-order chi connectivity index (χ1) is 13.1. The summed E-state index contributed by atoms with van der Waals surface area (Å²) in [4.78, 5) is 14.3. The van der Waals surface area contributed by atoms with Crippen molar-refractivity contribution >= 4 is 46.6 Å². The monoisotopic (exact) mass is 415 g/mol. The van der Waals surface area contributed by atoms with E-state index in [0.717, 1.165) is 11.3 Å². The third-order valence-electron chi connectivity index (χ3n) is 4.19. The fraction of sp³-hybridized carbons (Fsp3) is 0.0952. The lowest BCUT2D eigenvalue weighted by atomic mass is 10.2. The Hall–Kier alpha value is -2.14. The van der Waals surface area contributed by atoms with E-state index in [-0.39, 0.29) is 11.3 Å². The van der Waals surface area contributed by atoms with E-state index in [1.807, 2.05) is 65.6 Å². The van der Waals surface area contributed by atoms with Crippen molar-refractivity contribution in [1.29, 1.82) is 0 Å². The lowest BCUT2D eigenvalue weighted by Gasteiger charge is -2.24. The Bertz CT molecular complexity index is 943. The van der Waals surface area contributed by atoms with Gasteiger partial charge in [0.25, 0.3) is 0 Å². The van der Waals surface area contributed by atoms with Gasteiger partial charge in [-0.15, -0.1) is 11.8 Å². The molecule has 3 aromatic carbocycles. The number of nitrogens with zero attached hydrogens (tertiary/aromatic N) is 1. The molecule has 0 spiro atoms. The minimum absolute atomic E-state index is 0.0576. The average Bonchev–Trinajstić information content (AvgIpc) is 3.06. The highest BCUT2D eigenvalue weighted by Crippen LogP contribution is 2.42. The molecule has 3 nitrogen and oxygen atoms in total. The Morgan fingerprint density at radius 1 is 0.815 bits per heavy atom. The molecule has 0 radical (unpaired) electrons. The van der Waals surface area contributed by atoms with Crippen LogP contribution in [0.1, 0.15) is 10.9 Å². The van der Waals surface area contributed by atoms with Gasteiger partial charge in [-0.3, -0.25) is 9.69 Å². The minimum Gasteiger partial charge on any atom is -0.457 e. The molecule has 0 unspecified atom stereocenters. The summed E-state index contributed by atoms with van der Waals surface area (Å²) in [6.07, 6.45) is 0. The molecule has 27 heavy (non-hydrogen) atoms. The maximum Gasteiger partial charge on any atom is 0.238 e. The summed E-state index contributed by atoms with van der Waals surface area (Å²) in [7, 11) is 0. The Balaban J connectivity index is 1.55. The van der Waals surface area contributed by atoms with Gasteiger partial charge in [-0.2, -0.15) is 0 Å². The van der Waals surface area contributed by atoms with E-state index in [0.29, 0.717) is 27.3 Å². The summed E-state index contributed by atoms with van der Waals surface area (Å²) in [5, 5.41) is 1.29. The average molecular weight is 416 g/mol. The van der Waals surface area contributed by atoms with Crippen LogP contribution in [0.25, 0.3) is 0 Å². The second-order valence-electron chi connectivity index (χ2n) is 6.03. The summed E-state index contributed by atoms with van der Waals surface area (Å²) in [6, 6.07) is 22.3. The van der Waals surface area contributed by atoms with Crippen LogP contribution in [0.3, 0.4) is 0 Å². The van der Waals surface area contributed by atoms with Crippen LogP contribution in [-0.2, 0) is 4.79 Å². The Kier molecular flexibility index (Phi) is 5.30. The first-order valence-electron chi connectivity index (χ1n) is 8.33. The fourth-order valence-corrected chi connectivity index (χ4v) is 4.32. The van der Waals surface area contributed by atoms with Crippen LogP contribution < -0.4 is 9.64 Å². The topological polar surface area (TPSA) is 29.5 Å². The quantitative estimate of drug-likeness (QED) is 0.482. The van der Waals surface area contributed by atoms with Crippen molar-refractivity contribution in [2.45, 2.75) is 5.37 Å². The van der Waals surface area contributed by atoms with Crippen molar-refractivity contribution < 1.29 is 9.53 Å². The summed E-state index contributed by atoms with van der Waals surface area (Å²) in [5.41, 5.74) is 1.89. The molecule has 1 atom stereocenters. The van der Waals surface area contributed by atoms with Crippen LogP contribution in [-0.4, -0.2) is 11.7 Å². The predicted molar refractivity (Wildman–Crippen MR) is 112 cm³/mol. The molecule has 1 saturated heterocycles. The summed E-state index contributed by atoms with van der Waals surface area (Å²) in [6.45, 7) is 0. The molecule has 1 amide bonds. The summed E-state index contributed by atoms with van der Waals surface area (Å²) in [5.74, 6) is 1.95. The molecule has 1 aliphatic heterocycles. The number of rotatable bonds is 4. The van der Waals surface area contributed by atoms with Crippen molar-refractivity contribution in [2.24, 2.45) is 0 Å². The molecule has 6 heteroatoms. The van der Waals surface area contributed by atoms with Gasteiger partial charge in [0.1, 0.15) is 16.9 Å². The first-order valence-corrected chi connectivity index (χ1v) is 10.1. The Labute approximate surface area is 171 Å². The standard InChI is InChI=1S/C21H15Cl2NO2S/c22-15-3-1-14(2-4-15)21-24(20(25)13-27-21)17-7-11-19(12-8-17)26-18-9-5-16(23)6-10-18/h1-12,21H,13H2/t21-/m1/s1. The molecule has 3 aromatic rings. The van der Waals surface area contributed by atoms with Gasteiger partial charge in [-0.1, -0.05) is 35.3 Å². The second kappa shape index (κ2) is 7.85. The number of hydrogen-bond donors (Lipinski definition) is 0. The van der Waals surface area contributed by atoms with Crippen molar-refractivity contribution in [2.75, 3.05) is 10.7 Å². The van der Waals surface area contributed by atoms with Gasteiger partial charge in [0.2, 0.25) is 5.91 Å². The van der Waals surface area contributed by atoms with E-state index < -0.39 is 0 Å². The Morgan fingerprint density at radius 3 is 1.93 bits per heavy atom. The van der Waals surface area contributed by atoms with Crippen molar-refractivity contribution in [3.05, 3.63) is 88.4 Å². The highest BCUT2D eigenvalue weighted by molar-refractivity contribution is 8.00. The van der Waals surface area contributed by atoms with E-state index in [9.17, 15) is 4.79 Å². The molecule has 4 rings (SSSR count). The molecular weight excluding hydrogens is 401 g/mol. The summed E-state index contributed by atoms with van der Waals surface area (Å²) < 4.78 is 5.82. The van der Waals surface area contributed by atoms with Crippen molar-refractivity contribution in [3.8, 4) is 11.5 Å². The van der Waals surface area contributed by atoms with Gasteiger partial charge in [-0.25, -0.2) is 0 Å². The number of ether oxygens (including phenoxy) is 1. The zero-order valence-corrected chi connectivity index (χ0v) is 16.5. The third kappa shape index (κ3) is 4.08.